The van der Waals surface area contributed by atoms with Gasteiger partial charge in [-0.05, 0) is 49.4 Å². The van der Waals surface area contributed by atoms with Gasteiger partial charge < -0.3 is 15.4 Å². The molecular weight excluding hydrogens is 382 g/mol. The van der Waals surface area contributed by atoms with E-state index in [-0.39, 0.29) is 11.7 Å². The number of carbonyl (C=O) groups is 2. The standard InChI is InChI=1S/C19H16ClN5O3/c1-11(26)12-3-6-14(7-4-12)22-19-24-17(10-21-25-19)23-16-9-13(18(27)28-2)5-8-15(16)20/h3-10H,1-2H3,(H2,22,23,24,25). The number of ketones is 1. The molecule has 2 aromatic carbocycles. The molecular formula is C19H16ClN5O3. The zero-order valence-electron chi connectivity index (χ0n) is 15.1. The summed E-state index contributed by atoms with van der Waals surface area (Å²) >= 11 is 6.18. The first-order valence-electron chi connectivity index (χ1n) is 8.19. The normalized spacial score (nSPS) is 10.2. The third-order valence-electron chi connectivity index (χ3n) is 3.76. The molecule has 0 saturated heterocycles. The molecule has 0 bridgehead atoms. The molecule has 142 valence electrons. The average Bonchev–Trinajstić information content (AvgIpc) is 2.70. The van der Waals surface area contributed by atoms with Gasteiger partial charge in [0, 0.05) is 11.3 Å². The SMILES string of the molecule is COC(=O)c1ccc(Cl)c(Nc2cnnc(Nc3ccc(C(C)=O)cc3)n2)c1. The van der Waals surface area contributed by atoms with Crippen molar-refractivity contribution < 1.29 is 14.3 Å². The minimum atomic E-state index is -0.475. The van der Waals surface area contributed by atoms with Crippen LogP contribution in [0.4, 0.5) is 23.1 Å². The van der Waals surface area contributed by atoms with E-state index in [1.807, 2.05) is 0 Å². The number of methoxy groups -OCH3 is 1. The van der Waals surface area contributed by atoms with Gasteiger partial charge in [0.05, 0.1) is 29.6 Å². The fraction of sp³-hybridized carbons (Fsp3) is 0.105. The van der Waals surface area contributed by atoms with E-state index in [1.54, 1.807) is 42.5 Å². The van der Waals surface area contributed by atoms with Crippen molar-refractivity contribution in [3.05, 3.63) is 64.8 Å². The molecule has 8 nitrogen and oxygen atoms in total. The smallest absolute Gasteiger partial charge is 0.337 e. The first kappa shape index (κ1) is 19.2. The fourth-order valence-electron chi connectivity index (χ4n) is 2.34. The van der Waals surface area contributed by atoms with Crippen molar-refractivity contribution in [2.75, 3.05) is 17.7 Å². The summed E-state index contributed by atoms with van der Waals surface area (Å²) in [4.78, 5) is 27.4. The number of halogens is 1. The van der Waals surface area contributed by atoms with Crippen molar-refractivity contribution in [3.63, 3.8) is 0 Å². The van der Waals surface area contributed by atoms with E-state index in [4.69, 9.17) is 16.3 Å². The highest BCUT2D eigenvalue weighted by Crippen LogP contribution is 2.26. The Balaban J connectivity index is 1.78. The number of nitrogens with zero attached hydrogens (tertiary/aromatic N) is 3. The van der Waals surface area contributed by atoms with Crippen LogP contribution in [0.25, 0.3) is 0 Å². The highest BCUT2D eigenvalue weighted by atomic mass is 35.5. The van der Waals surface area contributed by atoms with Crippen LogP contribution in [0.15, 0.2) is 48.7 Å². The maximum Gasteiger partial charge on any atom is 0.337 e. The first-order valence-corrected chi connectivity index (χ1v) is 8.56. The van der Waals surface area contributed by atoms with Gasteiger partial charge in [-0.1, -0.05) is 11.6 Å². The van der Waals surface area contributed by atoms with Crippen molar-refractivity contribution in [3.8, 4) is 0 Å². The van der Waals surface area contributed by atoms with E-state index in [1.165, 1.54) is 20.2 Å². The molecule has 0 aliphatic rings. The van der Waals surface area contributed by atoms with Crippen LogP contribution in [0, 0.1) is 0 Å². The van der Waals surface area contributed by atoms with E-state index >= 15 is 0 Å². The summed E-state index contributed by atoms with van der Waals surface area (Å²) in [5.74, 6) is 0.140. The highest BCUT2D eigenvalue weighted by molar-refractivity contribution is 6.33. The molecule has 0 amide bonds. The Kier molecular flexibility index (Phi) is 5.81. The molecule has 1 aromatic heterocycles. The van der Waals surface area contributed by atoms with E-state index in [2.05, 4.69) is 25.8 Å². The maximum atomic E-state index is 11.7. The molecule has 0 aliphatic carbocycles. The summed E-state index contributed by atoms with van der Waals surface area (Å²) in [6, 6.07) is 11.6. The van der Waals surface area contributed by atoms with Crippen molar-refractivity contribution in [2.45, 2.75) is 6.92 Å². The molecule has 0 aliphatic heterocycles. The Morgan fingerprint density at radius 2 is 1.75 bits per heavy atom. The lowest BCUT2D eigenvalue weighted by atomic mass is 10.1. The van der Waals surface area contributed by atoms with E-state index in [0.717, 1.165) is 0 Å². The van der Waals surface area contributed by atoms with Crippen LogP contribution in [0.2, 0.25) is 5.02 Å². The van der Waals surface area contributed by atoms with Crippen LogP contribution in [-0.2, 0) is 4.74 Å². The number of carbonyl (C=O) groups excluding carboxylic acids is 2. The van der Waals surface area contributed by atoms with Crippen LogP contribution in [0.5, 0.6) is 0 Å². The largest absolute Gasteiger partial charge is 0.465 e. The topological polar surface area (TPSA) is 106 Å². The number of rotatable bonds is 6. The number of ether oxygens (including phenoxy) is 1. The number of hydrogen-bond acceptors (Lipinski definition) is 8. The maximum absolute atomic E-state index is 11.7. The quantitative estimate of drug-likeness (QED) is 0.474. The summed E-state index contributed by atoms with van der Waals surface area (Å²) in [7, 11) is 1.30. The van der Waals surface area contributed by atoms with Gasteiger partial charge in [-0.15, -0.1) is 5.10 Å². The zero-order valence-corrected chi connectivity index (χ0v) is 15.8. The second-order valence-corrected chi connectivity index (χ2v) is 6.14. The lowest BCUT2D eigenvalue weighted by Gasteiger charge is -2.10. The molecule has 0 fully saturated rings. The first-order chi connectivity index (χ1) is 13.5. The number of Topliss-reactive ketones (excluding diaryl/α,β-unsaturated/α-hetero) is 1. The summed E-state index contributed by atoms with van der Waals surface area (Å²) < 4.78 is 4.71. The predicted molar refractivity (Wildman–Crippen MR) is 106 cm³/mol. The summed E-state index contributed by atoms with van der Waals surface area (Å²) in [5.41, 5.74) is 2.14. The summed E-state index contributed by atoms with van der Waals surface area (Å²) in [6.45, 7) is 1.50. The van der Waals surface area contributed by atoms with Crippen LogP contribution in [0.3, 0.4) is 0 Å². The molecule has 0 radical (unpaired) electrons. The van der Waals surface area contributed by atoms with Gasteiger partial charge in [0.1, 0.15) is 0 Å². The summed E-state index contributed by atoms with van der Waals surface area (Å²) in [6.07, 6.45) is 1.42. The number of anilines is 4. The van der Waals surface area contributed by atoms with Crippen LogP contribution in [-0.4, -0.2) is 34.0 Å². The van der Waals surface area contributed by atoms with Crippen molar-refractivity contribution in [1.29, 1.82) is 0 Å². The number of hydrogen-bond donors (Lipinski definition) is 2. The molecule has 0 saturated carbocycles. The second kappa shape index (κ2) is 8.45. The number of esters is 1. The molecule has 0 spiro atoms. The molecule has 2 N–H and O–H groups in total. The number of nitrogens with one attached hydrogen (secondary N) is 2. The Labute approximate surface area is 165 Å². The Bertz CT molecular complexity index is 1020. The lowest BCUT2D eigenvalue weighted by molar-refractivity contribution is 0.0600. The third kappa shape index (κ3) is 4.60. The average molecular weight is 398 g/mol. The number of benzene rings is 2. The van der Waals surface area contributed by atoms with Gasteiger partial charge in [0.2, 0.25) is 5.95 Å². The van der Waals surface area contributed by atoms with Crippen molar-refractivity contribution in [1.82, 2.24) is 15.2 Å². The Morgan fingerprint density at radius 3 is 2.43 bits per heavy atom. The predicted octanol–water partition coefficient (Wildman–Crippen LogP) is 4.00. The number of aromatic nitrogens is 3. The van der Waals surface area contributed by atoms with Gasteiger partial charge in [0.15, 0.2) is 11.6 Å². The Hall–Kier alpha value is -3.52. The molecule has 28 heavy (non-hydrogen) atoms. The molecule has 0 unspecified atom stereocenters. The third-order valence-corrected chi connectivity index (χ3v) is 4.09. The molecule has 0 atom stereocenters. The van der Waals surface area contributed by atoms with Crippen molar-refractivity contribution in [2.24, 2.45) is 0 Å². The molecule has 9 heteroatoms. The molecule has 3 aromatic rings. The van der Waals surface area contributed by atoms with E-state index < -0.39 is 5.97 Å². The second-order valence-electron chi connectivity index (χ2n) is 5.73. The van der Waals surface area contributed by atoms with Gasteiger partial charge in [-0.3, -0.25) is 4.79 Å². The molecule has 3 rings (SSSR count). The van der Waals surface area contributed by atoms with Gasteiger partial charge >= 0.3 is 5.97 Å². The van der Waals surface area contributed by atoms with Crippen LogP contribution >= 0.6 is 11.6 Å². The van der Waals surface area contributed by atoms with Gasteiger partial charge in [-0.2, -0.15) is 10.1 Å². The monoisotopic (exact) mass is 397 g/mol. The van der Waals surface area contributed by atoms with Crippen LogP contribution < -0.4 is 10.6 Å². The van der Waals surface area contributed by atoms with E-state index in [0.29, 0.717) is 33.3 Å². The van der Waals surface area contributed by atoms with E-state index in [9.17, 15) is 9.59 Å². The molecule has 1 heterocycles. The minimum absolute atomic E-state index is 0.0123. The summed E-state index contributed by atoms with van der Waals surface area (Å²) in [5, 5.41) is 14.2. The fourth-order valence-corrected chi connectivity index (χ4v) is 2.50. The van der Waals surface area contributed by atoms with Gasteiger partial charge in [-0.25, -0.2) is 4.79 Å². The highest BCUT2D eigenvalue weighted by Gasteiger charge is 2.10. The zero-order chi connectivity index (χ0) is 20.1. The minimum Gasteiger partial charge on any atom is -0.465 e. The van der Waals surface area contributed by atoms with Crippen molar-refractivity contribution >= 4 is 46.5 Å². The lowest BCUT2D eigenvalue weighted by Crippen LogP contribution is -2.05. The van der Waals surface area contributed by atoms with Gasteiger partial charge in [0.25, 0.3) is 0 Å². The van der Waals surface area contributed by atoms with Crippen LogP contribution in [0.1, 0.15) is 27.6 Å². The Morgan fingerprint density at radius 1 is 1.04 bits per heavy atom.